The number of fused-ring (bicyclic) bond motifs is 2. The summed E-state index contributed by atoms with van der Waals surface area (Å²) in [6.07, 6.45) is 1.82. The van der Waals surface area contributed by atoms with E-state index in [0.717, 1.165) is 39.1 Å². The molecule has 5 heterocycles. The number of hydrogen-bond donors (Lipinski definition) is 3. The van der Waals surface area contributed by atoms with Gasteiger partial charge in [-0.1, -0.05) is 43.3 Å². The molecule has 14 nitrogen and oxygen atoms in total. The Morgan fingerprint density at radius 1 is 1.06 bits per heavy atom. The predicted octanol–water partition coefficient (Wildman–Crippen LogP) is 4.17. The number of hydrogen-bond acceptors (Lipinski definition) is 11. The van der Waals surface area contributed by atoms with E-state index in [1.54, 1.807) is 13.2 Å². The van der Waals surface area contributed by atoms with Gasteiger partial charge in [0, 0.05) is 56.0 Å². The SMILES string of the molecule is CCc1c(F)ccc2cc(OCOC)cc(N3CCc4c(nc(N5CC(NC(=O)OCc6ccccc6)C5)nc4N4CCCC5(C4)NC(=O)NC5=O)C3)c12. The summed E-state index contributed by atoms with van der Waals surface area (Å²) in [5, 5.41) is 9.92. The highest BCUT2D eigenvalue weighted by molar-refractivity contribution is 6.07. The largest absolute Gasteiger partial charge is 0.467 e. The van der Waals surface area contributed by atoms with Crippen LogP contribution in [0.3, 0.4) is 0 Å². The van der Waals surface area contributed by atoms with Gasteiger partial charge in [0.1, 0.15) is 29.5 Å². The Morgan fingerprint density at radius 3 is 2.65 bits per heavy atom. The number of nitrogens with zero attached hydrogens (tertiary/aromatic N) is 5. The molecule has 3 saturated heterocycles. The lowest BCUT2D eigenvalue weighted by Gasteiger charge is -2.43. The summed E-state index contributed by atoms with van der Waals surface area (Å²) >= 11 is 0. The van der Waals surface area contributed by atoms with Crippen molar-refractivity contribution < 1.29 is 33.0 Å². The van der Waals surface area contributed by atoms with Crippen molar-refractivity contribution in [3.8, 4) is 5.75 Å². The lowest BCUT2D eigenvalue weighted by molar-refractivity contribution is -0.124. The zero-order valence-corrected chi connectivity index (χ0v) is 30.3. The van der Waals surface area contributed by atoms with Crippen LogP contribution in [0.4, 0.5) is 31.4 Å². The van der Waals surface area contributed by atoms with Crippen LogP contribution in [0.1, 0.15) is 42.1 Å². The maximum atomic E-state index is 15.3. The van der Waals surface area contributed by atoms with Crippen LogP contribution >= 0.6 is 0 Å². The topological polar surface area (TPSA) is 150 Å². The van der Waals surface area contributed by atoms with E-state index >= 15 is 4.39 Å². The van der Waals surface area contributed by atoms with Gasteiger partial charge in [0.2, 0.25) is 5.95 Å². The Labute approximate surface area is 311 Å². The number of carbonyl (C=O) groups is 3. The summed E-state index contributed by atoms with van der Waals surface area (Å²) in [7, 11) is 1.56. The third-order valence-electron chi connectivity index (χ3n) is 10.7. The first-order valence-electron chi connectivity index (χ1n) is 18.4. The van der Waals surface area contributed by atoms with E-state index < -0.39 is 17.7 Å². The second kappa shape index (κ2) is 14.6. The standard InChI is InChI=1S/C39H43FN8O6/c1-3-28-30(40)11-10-25-16-27(54-23-52-2)17-32(33(25)28)46-15-12-29-31(20-46)42-36(43-34(29)47-14-7-13-39(22-47)35(49)44-37(50)45-39)48-18-26(19-48)41-38(51)53-21-24-8-5-4-6-9-24/h4-6,8-11,16-17,26H,3,7,12-15,18-23H2,1-2H3,(H,41,51)(H2,44,45,49,50). The van der Waals surface area contributed by atoms with Gasteiger partial charge in [-0.15, -0.1) is 0 Å². The predicted molar refractivity (Wildman–Crippen MR) is 199 cm³/mol. The highest BCUT2D eigenvalue weighted by atomic mass is 19.1. The van der Waals surface area contributed by atoms with Crippen molar-refractivity contribution in [1.82, 2.24) is 25.9 Å². The Kier molecular flexibility index (Phi) is 9.56. The lowest BCUT2D eigenvalue weighted by atomic mass is 9.88. The fourth-order valence-electron chi connectivity index (χ4n) is 7.99. The minimum atomic E-state index is -1.04. The molecule has 1 unspecified atom stereocenters. The van der Waals surface area contributed by atoms with Gasteiger partial charge in [-0.2, -0.15) is 4.98 Å². The molecule has 0 radical (unpaired) electrons. The van der Waals surface area contributed by atoms with Crippen molar-refractivity contribution >= 4 is 46.3 Å². The molecule has 3 N–H and O–H groups in total. The van der Waals surface area contributed by atoms with Crippen LogP contribution < -0.4 is 35.4 Å². The van der Waals surface area contributed by atoms with Gasteiger partial charge in [-0.25, -0.2) is 19.0 Å². The van der Waals surface area contributed by atoms with Crippen molar-refractivity contribution in [2.45, 2.75) is 57.3 Å². The van der Waals surface area contributed by atoms with Crippen molar-refractivity contribution in [3.63, 3.8) is 0 Å². The number of aryl methyl sites for hydroxylation is 1. The maximum absolute atomic E-state index is 15.3. The molecule has 0 bridgehead atoms. The molecule has 1 spiro atoms. The number of piperidine rings is 1. The number of carbonyl (C=O) groups excluding carboxylic acids is 3. The van der Waals surface area contributed by atoms with Crippen molar-refractivity contribution in [1.29, 1.82) is 0 Å². The summed E-state index contributed by atoms with van der Waals surface area (Å²) in [4.78, 5) is 54.4. The number of aromatic nitrogens is 2. The van der Waals surface area contributed by atoms with E-state index in [-0.39, 0.29) is 37.7 Å². The lowest BCUT2D eigenvalue weighted by Crippen LogP contribution is -2.60. The molecule has 282 valence electrons. The molecule has 3 fully saturated rings. The van der Waals surface area contributed by atoms with Crippen LogP contribution in [0.5, 0.6) is 5.75 Å². The van der Waals surface area contributed by atoms with E-state index in [1.807, 2.05) is 54.3 Å². The van der Waals surface area contributed by atoms with Crippen LogP contribution in [-0.4, -0.2) is 86.2 Å². The molecule has 1 atom stereocenters. The Bertz CT molecular complexity index is 2100. The number of nitrogens with one attached hydrogen (secondary N) is 3. The van der Waals surface area contributed by atoms with Crippen LogP contribution in [0.25, 0.3) is 10.8 Å². The first-order valence-corrected chi connectivity index (χ1v) is 18.4. The minimum Gasteiger partial charge on any atom is -0.467 e. The Hall–Kier alpha value is -5.70. The number of methoxy groups -OCH3 is 1. The number of rotatable bonds is 10. The third-order valence-corrected chi connectivity index (χ3v) is 10.7. The highest BCUT2D eigenvalue weighted by Gasteiger charge is 2.49. The summed E-state index contributed by atoms with van der Waals surface area (Å²) in [6.45, 7) is 5.10. The monoisotopic (exact) mass is 738 g/mol. The summed E-state index contributed by atoms with van der Waals surface area (Å²) < 4.78 is 31.8. The van der Waals surface area contributed by atoms with Gasteiger partial charge in [0.15, 0.2) is 6.79 Å². The molecule has 0 saturated carbocycles. The van der Waals surface area contributed by atoms with E-state index in [9.17, 15) is 14.4 Å². The number of imide groups is 1. The molecule has 15 heteroatoms. The number of ether oxygens (including phenoxy) is 3. The molecule has 1 aromatic heterocycles. The molecular formula is C39H43FN8O6. The van der Waals surface area contributed by atoms with Gasteiger partial charge in [-0.3, -0.25) is 10.1 Å². The summed E-state index contributed by atoms with van der Waals surface area (Å²) in [5.41, 5.74) is 3.11. The minimum absolute atomic E-state index is 0.0712. The molecule has 4 aliphatic heterocycles. The molecule has 4 aromatic rings. The van der Waals surface area contributed by atoms with Crippen LogP contribution in [-0.2, 0) is 40.3 Å². The number of anilines is 3. The average Bonchev–Trinajstić information content (AvgIpc) is 3.44. The van der Waals surface area contributed by atoms with Gasteiger partial charge in [-0.05, 0) is 54.3 Å². The number of benzene rings is 3. The van der Waals surface area contributed by atoms with Gasteiger partial charge in [0.05, 0.1) is 24.8 Å². The van der Waals surface area contributed by atoms with Crippen LogP contribution in [0.15, 0.2) is 54.6 Å². The first kappa shape index (κ1) is 35.3. The second-order valence-corrected chi connectivity index (χ2v) is 14.2. The normalized spacial score (nSPS) is 19.7. The quantitative estimate of drug-likeness (QED) is 0.159. The summed E-state index contributed by atoms with van der Waals surface area (Å²) in [6, 6.07) is 16.0. The number of urea groups is 1. The average molecular weight is 739 g/mol. The number of alkyl carbamates (subject to hydrolysis) is 1. The summed E-state index contributed by atoms with van der Waals surface area (Å²) in [5.74, 6) is 1.25. The molecule has 3 aromatic carbocycles. The second-order valence-electron chi connectivity index (χ2n) is 14.2. The van der Waals surface area contributed by atoms with Gasteiger partial charge in [0.25, 0.3) is 5.91 Å². The molecule has 8 rings (SSSR count). The van der Waals surface area contributed by atoms with E-state index in [2.05, 4.69) is 25.8 Å². The van der Waals surface area contributed by atoms with Crippen LogP contribution in [0.2, 0.25) is 0 Å². The number of amides is 4. The molecule has 4 aliphatic rings. The van der Waals surface area contributed by atoms with Crippen LogP contribution in [0, 0.1) is 5.82 Å². The third kappa shape index (κ3) is 6.79. The maximum Gasteiger partial charge on any atom is 0.407 e. The molecule has 54 heavy (non-hydrogen) atoms. The molecule has 4 amide bonds. The van der Waals surface area contributed by atoms with Crippen molar-refractivity contribution in [3.05, 3.63) is 82.8 Å². The zero-order valence-electron chi connectivity index (χ0n) is 30.3. The van der Waals surface area contributed by atoms with Gasteiger partial charge < -0.3 is 39.5 Å². The number of halogens is 1. The zero-order chi connectivity index (χ0) is 37.4. The van der Waals surface area contributed by atoms with Crippen molar-refractivity contribution in [2.75, 3.05) is 61.3 Å². The highest BCUT2D eigenvalue weighted by Crippen LogP contribution is 2.40. The Morgan fingerprint density at radius 2 is 1.89 bits per heavy atom. The van der Waals surface area contributed by atoms with E-state index in [0.29, 0.717) is 75.7 Å². The van der Waals surface area contributed by atoms with E-state index in [4.69, 9.17) is 24.2 Å². The molecular weight excluding hydrogens is 695 g/mol. The fourth-order valence-corrected chi connectivity index (χ4v) is 7.99. The molecule has 0 aliphatic carbocycles. The van der Waals surface area contributed by atoms with E-state index in [1.165, 1.54) is 6.07 Å². The first-order chi connectivity index (χ1) is 26.2. The smallest absolute Gasteiger partial charge is 0.407 e. The fraction of sp³-hybridized carbons (Fsp3) is 0.410. The van der Waals surface area contributed by atoms with Crippen molar-refractivity contribution in [2.24, 2.45) is 0 Å². The van der Waals surface area contributed by atoms with Gasteiger partial charge >= 0.3 is 12.1 Å². The Balaban J connectivity index is 1.10.